The van der Waals surface area contributed by atoms with Crippen molar-refractivity contribution < 1.29 is 17.9 Å². The lowest BCUT2D eigenvalue weighted by Gasteiger charge is -2.21. The Kier molecular flexibility index (Phi) is 5.81. The smallest absolute Gasteiger partial charge is 0.243 e. The van der Waals surface area contributed by atoms with E-state index in [9.17, 15) is 12.8 Å². The van der Waals surface area contributed by atoms with Crippen molar-refractivity contribution in [1.29, 1.82) is 0 Å². The van der Waals surface area contributed by atoms with Gasteiger partial charge in [-0.1, -0.05) is 0 Å². The Morgan fingerprint density at radius 3 is 2.60 bits per heavy atom. The first-order valence-electron chi connectivity index (χ1n) is 5.94. The molecule has 8 heteroatoms. The van der Waals surface area contributed by atoms with E-state index in [4.69, 9.17) is 10.8 Å². The second-order valence-corrected chi connectivity index (χ2v) is 7.28. The number of nitrogens with two attached hydrogens (primary N) is 1. The van der Waals surface area contributed by atoms with Crippen molar-refractivity contribution in [3.8, 4) is 0 Å². The fourth-order valence-electron chi connectivity index (χ4n) is 1.78. The number of nitrogen functional groups attached to an aromatic ring is 1. The van der Waals surface area contributed by atoms with Gasteiger partial charge in [-0.15, -0.1) is 0 Å². The third-order valence-corrected chi connectivity index (χ3v) is 5.64. The number of hydrogen-bond acceptors (Lipinski definition) is 5. The summed E-state index contributed by atoms with van der Waals surface area (Å²) < 4.78 is 40.7. The summed E-state index contributed by atoms with van der Waals surface area (Å²) in [5, 5.41) is 8.85. The van der Waals surface area contributed by atoms with Crippen LogP contribution in [0.15, 0.2) is 17.0 Å². The summed E-state index contributed by atoms with van der Waals surface area (Å²) in [5.74, 6) is -0.816. The van der Waals surface area contributed by atoms with Gasteiger partial charge in [0, 0.05) is 17.0 Å². The first-order valence-corrected chi connectivity index (χ1v) is 8.71. The molecule has 2 atom stereocenters. The van der Waals surface area contributed by atoms with Gasteiger partial charge in [-0.25, -0.2) is 17.5 Å². The Bertz CT molecular complexity index is 574. The van der Waals surface area contributed by atoms with Crippen LogP contribution in [-0.4, -0.2) is 37.7 Å². The van der Waals surface area contributed by atoms with Gasteiger partial charge >= 0.3 is 0 Å². The van der Waals surface area contributed by atoms with Gasteiger partial charge in [-0.05, 0) is 37.8 Å². The van der Waals surface area contributed by atoms with E-state index < -0.39 is 26.8 Å². The Labute approximate surface area is 122 Å². The lowest BCUT2D eigenvalue weighted by molar-refractivity contribution is 0.282. The van der Waals surface area contributed by atoms with Crippen LogP contribution in [0.2, 0.25) is 0 Å². The van der Waals surface area contributed by atoms with Crippen LogP contribution in [0.1, 0.15) is 12.5 Å². The maximum Gasteiger partial charge on any atom is 0.243 e. The van der Waals surface area contributed by atoms with E-state index in [0.29, 0.717) is 0 Å². The van der Waals surface area contributed by atoms with Crippen LogP contribution in [0.4, 0.5) is 10.1 Å². The fraction of sp³-hybridized carbons (Fsp3) is 0.500. The third kappa shape index (κ3) is 3.85. The number of hydrogen-bond donors (Lipinski definition) is 3. The predicted octanol–water partition coefficient (Wildman–Crippen LogP) is 1.11. The molecule has 20 heavy (non-hydrogen) atoms. The van der Waals surface area contributed by atoms with Crippen LogP contribution >= 0.6 is 11.8 Å². The zero-order chi connectivity index (χ0) is 15.5. The van der Waals surface area contributed by atoms with E-state index in [1.54, 1.807) is 13.2 Å². The van der Waals surface area contributed by atoms with Crippen molar-refractivity contribution in [3.05, 3.63) is 23.5 Å². The second kappa shape index (κ2) is 6.75. The zero-order valence-corrected chi connectivity index (χ0v) is 13.2. The number of aryl methyl sites for hydroxylation is 1. The van der Waals surface area contributed by atoms with E-state index in [0.717, 1.165) is 6.07 Å². The largest absolute Gasteiger partial charge is 0.399 e. The van der Waals surface area contributed by atoms with Gasteiger partial charge in [0.05, 0.1) is 6.61 Å². The molecule has 4 N–H and O–H groups in total. The lowest BCUT2D eigenvalue weighted by atomic mass is 10.2. The van der Waals surface area contributed by atoms with Gasteiger partial charge in [-0.2, -0.15) is 11.8 Å². The van der Waals surface area contributed by atoms with Crippen molar-refractivity contribution in [1.82, 2.24) is 4.72 Å². The number of aliphatic hydroxyl groups is 1. The normalized spacial score (nSPS) is 15.1. The number of anilines is 1. The number of sulfonamides is 1. The van der Waals surface area contributed by atoms with Crippen molar-refractivity contribution in [3.63, 3.8) is 0 Å². The molecule has 0 aliphatic rings. The maximum absolute atomic E-state index is 14.0. The maximum atomic E-state index is 14.0. The molecule has 0 saturated carbocycles. The Hall–Kier alpha value is -0.830. The minimum absolute atomic E-state index is 0.168. The van der Waals surface area contributed by atoms with Crippen LogP contribution in [-0.2, 0) is 10.0 Å². The van der Waals surface area contributed by atoms with Crippen LogP contribution in [0.5, 0.6) is 0 Å². The van der Waals surface area contributed by atoms with Crippen LogP contribution in [0.3, 0.4) is 0 Å². The molecule has 0 fully saturated rings. The number of rotatable bonds is 6. The first kappa shape index (κ1) is 17.2. The Morgan fingerprint density at radius 2 is 2.10 bits per heavy atom. The summed E-state index contributed by atoms with van der Waals surface area (Å²) in [5.41, 5.74) is 5.91. The molecule has 114 valence electrons. The third-order valence-electron chi connectivity index (χ3n) is 2.91. The summed E-state index contributed by atoms with van der Waals surface area (Å²) in [4.78, 5) is -0.473. The SMILES string of the molecule is CSC(CO)C(C)NS(=O)(=O)c1cc(N)cc(C)c1F. The van der Waals surface area contributed by atoms with E-state index in [2.05, 4.69) is 4.72 Å². The molecule has 0 amide bonds. The molecular weight excluding hydrogens is 303 g/mol. The molecule has 5 nitrogen and oxygen atoms in total. The van der Waals surface area contributed by atoms with Gasteiger partial charge in [-0.3, -0.25) is 0 Å². The number of nitrogens with one attached hydrogen (secondary N) is 1. The van der Waals surface area contributed by atoms with Gasteiger partial charge in [0.1, 0.15) is 10.7 Å². The van der Waals surface area contributed by atoms with E-state index in [1.165, 1.54) is 24.8 Å². The summed E-state index contributed by atoms with van der Waals surface area (Å²) in [7, 11) is -4.03. The lowest BCUT2D eigenvalue weighted by Crippen LogP contribution is -2.41. The minimum atomic E-state index is -4.03. The van der Waals surface area contributed by atoms with Crippen LogP contribution in [0.25, 0.3) is 0 Å². The molecule has 1 aromatic rings. The summed E-state index contributed by atoms with van der Waals surface area (Å²) >= 11 is 1.33. The molecule has 0 aliphatic carbocycles. The Morgan fingerprint density at radius 1 is 1.50 bits per heavy atom. The van der Waals surface area contributed by atoms with Crippen molar-refractivity contribution in [2.24, 2.45) is 0 Å². The topological polar surface area (TPSA) is 92.4 Å². The highest BCUT2D eigenvalue weighted by Gasteiger charge is 2.26. The van der Waals surface area contributed by atoms with Crippen LogP contribution in [0, 0.1) is 12.7 Å². The van der Waals surface area contributed by atoms with E-state index in [-0.39, 0.29) is 23.1 Å². The molecule has 1 rings (SSSR count). The predicted molar refractivity (Wildman–Crippen MR) is 79.7 cm³/mol. The molecule has 0 heterocycles. The highest BCUT2D eigenvalue weighted by Crippen LogP contribution is 2.22. The second-order valence-electron chi connectivity index (χ2n) is 4.52. The number of benzene rings is 1. The molecule has 0 saturated heterocycles. The molecule has 0 aliphatic heterocycles. The minimum Gasteiger partial charge on any atom is -0.399 e. The van der Waals surface area contributed by atoms with E-state index in [1.807, 2.05) is 0 Å². The van der Waals surface area contributed by atoms with Crippen LogP contribution < -0.4 is 10.5 Å². The molecule has 0 aromatic heterocycles. The number of halogens is 1. The summed E-state index contributed by atoms with van der Waals surface area (Å²) in [6.45, 7) is 2.89. The molecule has 1 aromatic carbocycles. The number of thioether (sulfide) groups is 1. The average molecular weight is 322 g/mol. The molecule has 0 radical (unpaired) electrons. The number of aliphatic hydroxyl groups excluding tert-OH is 1. The van der Waals surface area contributed by atoms with Crippen molar-refractivity contribution in [2.45, 2.75) is 30.0 Å². The van der Waals surface area contributed by atoms with Crippen molar-refractivity contribution >= 4 is 27.5 Å². The zero-order valence-electron chi connectivity index (χ0n) is 11.6. The average Bonchev–Trinajstić information content (AvgIpc) is 2.34. The Balaban J connectivity index is 3.12. The molecule has 2 unspecified atom stereocenters. The first-order chi connectivity index (χ1) is 9.22. The molecule has 0 spiro atoms. The monoisotopic (exact) mass is 322 g/mol. The van der Waals surface area contributed by atoms with Gasteiger partial charge in [0.2, 0.25) is 10.0 Å². The van der Waals surface area contributed by atoms with Gasteiger partial charge in [0.25, 0.3) is 0 Å². The summed E-state index contributed by atoms with van der Waals surface area (Å²) in [6, 6.07) is 1.92. The van der Waals surface area contributed by atoms with Gasteiger partial charge in [0.15, 0.2) is 0 Å². The fourth-order valence-corrected chi connectivity index (χ4v) is 3.96. The highest BCUT2D eigenvalue weighted by molar-refractivity contribution is 7.99. The molecular formula is C12H19FN2O3S2. The highest BCUT2D eigenvalue weighted by atomic mass is 32.2. The van der Waals surface area contributed by atoms with Crippen molar-refractivity contribution in [2.75, 3.05) is 18.6 Å². The molecule has 0 bridgehead atoms. The van der Waals surface area contributed by atoms with E-state index >= 15 is 0 Å². The standard InChI is InChI=1S/C12H19FN2O3S2/c1-7-4-9(14)5-11(12(7)13)20(17,18)15-8(2)10(6-16)19-3/h4-5,8,10,15-16H,6,14H2,1-3H3. The quantitative estimate of drug-likeness (QED) is 0.682. The summed E-state index contributed by atoms with van der Waals surface area (Å²) in [6.07, 6.45) is 1.76. The van der Waals surface area contributed by atoms with Gasteiger partial charge < -0.3 is 10.8 Å².